The number of aryl methyl sites for hydroxylation is 1. The Kier molecular flexibility index (Phi) is 4.09. The van der Waals surface area contributed by atoms with E-state index in [1.165, 1.54) is 12.1 Å². The molecule has 1 aromatic carbocycles. The number of carboxylic acids is 1. The summed E-state index contributed by atoms with van der Waals surface area (Å²) in [5.41, 5.74) is 0.405. The molecule has 7 heteroatoms. The van der Waals surface area contributed by atoms with Gasteiger partial charge in [-0.25, -0.2) is 9.78 Å². The van der Waals surface area contributed by atoms with E-state index in [1.54, 1.807) is 30.2 Å². The molecule has 1 aromatic heterocycles. The zero-order chi connectivity index (χ0) is 14.5. The number of hydrogen-bond donors (Lipinski definition) is 2. The summed E-state index contributed by atoms with van der Waals surface area (Å²) in [6, 6.07) is 5.90. The maximum absolute atomic E-state index is 11.9. The van der Waals surface area contributed by atoms with Crippen LogP contribution in [0.2, 0.25) is 0 Å². The number of nitrogens with one attached hydrogen (secondary N) is 1. The average molecular weight is 274 g/mol. The minimum absolute atomic E-state index is 0.0871. The Bertz CT molecular complexity index is 636. The lowest BCUT2D eigenvalue weighted by molar-refractivity contribution is 0.0697. The second-order valence-corrected chi connectivity index (χ2v) is 4.23. The summed E-state index contributed by atoms with van der Waals surface area (Å²) in [4.78, 5) is 26.7. The number of amides is 1. The van der Waals surface area contributed by atoms with Crippen LogP contribution in [0.15, 0.2) is 30.6 Å². The summed E-state index contributed by atoms with van der Waals surface area (Å²) < 4.78 is 1.59. The Labute approximate surface area is 115 Å². The van der Waals surface area contributed by atoms with E-state index in [0.717, 1.165) is 0 Å². The molecule has 0 radical (unpaired) electrons. The molecule has 2 rings (SSSR count). The van der Waals surface area contributed by atoms with Crippen LogP contribution in [0.25, 0.3) is 0 Å². The number of aromatic carboxylic acids is 1. The van der Waals surface area contributed by atoms with Gasteiger partial charge in [0, 0.05) is 25.6 Å². The zero-order valence-electron chi connectivity index (χ0n) is 10.9. The smallest absolute Gasteiger partial charge is 0.335 e. The summed E-state index contributed by atoms with van der Waals surface area (Å²) >= 11 is 0. The molecular formula is C13H14N4O3. The molecule has 0 atom stereocenters. The highest BCUT2D eigenvalue weighted by molar-refractivity contribution is 5.97. The van der Waals surface area contributed by atoms with Crippen LogP contribution >= 0.6 is 0 Å². The molecule has 2 aromatic rings. The first-order chi connectivity index (χ1) is 9.56. The molecule has 0 aliphatic heterocycles. The first-order valence-electron chi connectivity index (χ1n) is 6.02. The van der Waals surface area contributed by atoms with Crippen LogP contribution in [-0.2, 0) is 13.5 Å². The van der Waals surface area contributed by atoms with Crippen molar-refractivity contribution in [2.75, 3.05) is 6.54 Å². The number of nitrogens with zero attached hydrogens (tertiary/aromatic N) is 3. The average Bonchev–Trinajstić information content (AvgIpc) is 2.84. The van der Waals surface area contributed by atoms with Gasteiger partial charge >= 0.3 is 5.97 Å². The van der Waals surface area contributed by atoms with Crippen molar-refractivity contribution in [3.05, 3.63) is 47.5 Å². The van der Waals surface area contributed by atoms with Crippen LogP contribution in [0, 0.1) is 0 Å². The Morgan fingerprint density at radius 3 is 2.75 bits per heavy atom. The number of carbonyl (C=O) groups is 2. The molecule has 1 amide bonds. The van der Waals surface area contributed by atoms with E-state index in [0.29, 0.717) is 24.4 Å². The lowest BCUT2D eigenvalue weighted by Crippen LogP contribution is -2.26. The minimum Gasteiger partial charge on any atom is -0.478 e. The van der Waals surface area contributed by atoms with Crippen LogP contribution in [0.5, 0.6) is 0 Å². The third kappa shape index (κ3) is 3.41. The van der Waals surface area contributed by atoms with Crippen molar-refractivity contribution in [2.24, 2.45) is 7.05 Å². The van der Waals surface area contributed by atoms with Crippen LogP contribution in [-0.4, -0.2) is 38.3 Å². The normalized spacial score (nSPS) is 10.2. The van der Waals surface area contributed by atoms with Crippen LogP contribution in [0.3, 0.4) is 0 Å². The van der Waals surface area contributed by atoms with Crippen LogP contribution in [0.1, 0.15) is 26.5 Å². The number of hydrogen-bond acceptors (Lipinski definition) is 4. The second-order valence-electron chi connectivity index (χ2n) is 4.23. The first-order valence-corrected chi connectivity index (χ1v) is 6.02. The third-order valence-electron chi connectivity index (χ3n) is 2.65. The van der Waals surface area contributed by atoms with Gasteiger partial charge in [0.25, 0.3) is 5.91 Å². The van der Waals surface area contributed by atoms with Crippen molar-refractivity contribution in [3.63, 3.8) is 0 Å². The molecule has 104 valence electrons. The maximum Gasteiger partial charge on any atom is 0.335 e. The molecule has 0 fully saturated rings. The quantitative estimate of drug-likeness (QED) is 0.826. The van der Waals surface area contributed by atoms with E-state index in [9.17, 15) is 9.59 Å². The topological polar surface area (TPSA) is 97.1 Å². The van der Waals surface area contributed by atoms with Gasteiger partial charge < -0.3 is 10.4 Å². The Balaban J connectivity index is 1.91. The largest absolute Gasteiger partial charge is 0.478 e. The third-order valence-corrected chi connectivity index (χ3v) is 2.65. The Morgan fingerprint density at radius 2 is 2.10 bits per heavy atom. The van der Waals surface area contributed by atoms with E-state index in [1.807, 2.05) is 0 Å². The maximum atomic E-state index is 11.9. The molecule has 0 saturated heterocycles. The molecule has 2 N–H and O–H groups in total. The number of carboxylic acid groups (broad SMARTS) is 1. The number of aromatic nitrogens is 3. The van der Waals surface area contributed by atoms with Crippen LogP contribution < -0.4 is 5.32 Å². The van der Waals surface area contributed by atoms with Crippen molar-refractivity contribution in [3.8, 4) is 0 Å². The highest BCUT2D eigenvalue weighted by Crippen LogP contribution is 2.05. The van der Waals surface area contributed by atoms with Crippen molar-refractivity contribution in [1.82, 2.24) is 20.1 Å². The van der Waals surface area contributed by atoms with Gasteiger partial charge in [-0.05, 0) is 18.2 Å². The number of rotatable bonds is 5. The first kappa shape index (κ1) is 13.7. The highest BCUT2D eigenvalue weighted by Gasteiger charge is 2.09. The second kappa shape index (κ2) is 5.96. The van der Waals surface area contributed by atoms with Gasteiger partial charge in [0.1, 0.15) is 6.33 Å². The Hall–Kier alpha value is -2.70. The number of carbonyl (C=O) groups excluding carboxylic acids is 1. The molecule has 0 aliphatic rings. The minimum atomic E-state index is -1.06. The molecule has 7 nitrogen and oxygen atoms in total. The van der Waals surface area contributed by atoms with Gasteiger partial charge in [0.05, 0.1) is 5.56 Å². The van der Waals surface area contributed by atoms with E-state index in [2.05, 4.69) is 15.4 Å². The van der Waals surface area contributed by atoms with Crippen molar-refractivity contribution >= 4 is 11.9 Å². The van der Waals surface area contributed by atoms with E-state index < -0.39 is 5.97 Å². The molecular weight excluding hydrogens is 260 g/mol. The number of benzene rings is 1. The molecule has 1 heterocycles. The summed E-state index contributed by atoms with van der Waals surface area (Å²) in [7, 11) is 1.77. The fraction of sp³-hybridized carbons (Fsp3) is 0.231. The van der Waals surface area contributed by atoms with E-state index in [4.69, 9.17) is 5.11 Å². The Morgan fingerprint density at radius 1 is 1.35 bits per heavy atom. The standard InChI is InChI=1S/C13H14N4O3/c1-17-8-15-11(16-17)5-6-14-12(18)9-3-2-4-10(7-9)13(19)20/h2-4,7-8H,5-6H2,1H3,(H,14,18)(H,19,20). The summed E-state index contributed by atoms with van der Waals surface area (Å²) in [5, 5.41) is 15.7. The molecule has 0 aliphatic carbocycles. The SMILES string of the molecule is Cn1cnc(CCNC(=O)c2cccc(C(=O)O)c2)n1. The summed E-state index contributed by atoms with van der Waals surface area (Å²) in [5.74, 6) is -0.728. The summed E-state index contributed by atoms with van der Waals surface area (Å²) in [6.45, 7) is 0.389. The van der Waals surface area contributed by atoms with Crippen molar-refractivity contribution in [2.45, 2.75) is 6.42 Å². The van der Waals surface area contributed by atoms with Gasteiger partial charge in [-0.2, -0.15) is 5.10 Å². The van der Waals surface area contributed by atoms with E-state index >= 15 is 0 Å². The van der Waals surface area contributed by atoms with Gasteiger partial charge in [0.15, 0.2) is 5.82 Å². The zero-order valence-corrected chi connectivity index (χ0v) is 10.9. The summed E-state index contributed by atoms with van der Waals surface area (Å²) in [6.07, 6.45) is 2.11. The lowest BCUT2D eigenvalue weighted by atomic mass is 10.1. The molecule has 0 saturated carbocycles. The van der Waals surface area contributed by atoms with Gasteiger partial charge in [-0.1, -0.05) is 6.07 Å². The fourth-order valence-electron chi connectivity index (χ4n) is 1.68. The monoisotopic (exact) mass is 274 g/mol. The molecule has 0 unspecified atom stereocenters. The fourth-order valence-corrected chi connectivity index (χ4v) is 1.68. The van der Waals surface area contributed by atoms with Gasteiger partial charge in [0.2, 0.25) is 0 Å². The van der Waals surface area contributed by atoms with Crippen molar-refractivity contribution < 1.29 is 14.7 Å². The predicted molar refractivity (Wildman–Crippen MR) is 70.4 cm³/mol. The lowest BCUT2D eigenvalue weighted by Gasteiger charge is -2.04. The van der Waals surface area contributed by atoms with Crippen LogP contribution in [0.4, 0.5) is 0 Å². The van der Waals surface area contributed by atoms with E-state index in [-0.39, 0.29) is 11.5 Å². The molecule has 0 bridgehead atoms. The highest BCUT2D eigenvalue weighted by atomic mass is 16.4. The predicted octanol–water partition coefficient (Wildman–Crippen LogP) is 0.486. The van der Waals surface area contributed by atoms with Gasteiger partial charge in [-0.15, -0.1) is 0 Å². The van der Waals surface area contributed by atoms with Gasteiger partial charge in [-0.3, -0.25) is 9.48 Å². The molecule has 0 spiro atoms. The molecule has 20 heavy (non-hydrogen) atoms. The van der Waals surface area contributed by atoms with Crippen molar-refractivity contribution in [1.29, 1.82) is 0 Å².